The largest absolute Gasteiger partial charge is 0.342 e. The number of rotatable bonds is 5. The summed E-state index contributed by atoms with van der Waals surface area (Å²) in [7, 11) is 0. The molecule has 1 aliphatic rings. The number of benzene rings is 1. The molecule has 0 spiro atoms. The molecular formula is C18H20N6O3. The molecule has 0 unspecified atom stereocenters. The summed E-state index contributed by atoms with van der Waals surface area (Å²) in [6.07, 6.45) is 3.75. The number of piperazine rings is 1. The zero-order valence-electron chi connectivity index (χ0n) is 14.9. The molecule has 0 atom stereocenters. The van der Waals surface area contributed by atoms with Gasteiger partial charge in [-0.2, -0.15) is 0 Å². The number of nitrogens with one attached hydrogen (secondary N) is 2. The van der Waals surface area contributed by atoms with E-state index in [0.717, 1.165) is 6.41 Å². The Morgan fingerprint density at radius 3 is 2.37 bits per heavy atom. The smallest absolute Gasteiger partial charge is 0.257 e. The lowest BCUT2D eigenvalue weighted by atomic mass is 10.2. The highest BCUT2D eigenvalue weighted by Gasteiger charge is 2.21. The molecule has 0 saturated carbocycles. The standard InChI is InChI=1S/C18H20N6O3/c1-13(26)21-15-3-2-4-16(9-15)22-18-19-10-14(11-20-18)17(27)24-7-5-23(12-25)6-8-24/h2-4,9-12H,5-8H2,1H3,(H,21,26)(H,19,20,22). The van der Waals surface area contributed by atoms with Crippen LogP contribution in [0.5, 0.6) is 0 Å². The molecule has 1 aromatic carbocycles. The summed E-state index contributed by atoms with van der Waals surface area (Å²) >= 11 is 0. The molecule has 1 aliphatic heterocycles. The number of aromatic nitrogens is 2. The van der Waals surface area contributed by atoms with Gasteiger partial charge < -0.3 is 20.4 Å². The third-order valence-electron chi connectivity index (χ3n) is 4.09. The van der Waals surface area contributed by atoms with Crippen molar-refractivity contribution in [2.24, 2.45) is 0 Å². The molecule has 1 fully saturated rings. The number of anilines is 3. The lowest BCUT2D eigenvalue weighted by Gasteiger charge is -2.32. The van der Waals surface area contributed by atoms with Gasteiger partial charge in [0.2, 0.25) is 18.3 Å². The van der Waals surface area contributed by atoms with E-state index >= 15 is 0 Å². The fraction of sp³-hybridized carbons (Fsp3) is 0.278. The van der Waals surface area contributed by atoms with Gasteiger partial charge in [0, 0.05) is 56.9 Å². The molecule has 0 bridgehead atoms. The molecule has 27 heavy (non-hydrogen) atoms. The molecule has 9 heteroatoms. The number of amides is 3. The maximum absolute atomic E-state index is 12.5. The van der Waals surface area contributed by atoms with Gasteiger partial charge in [-0.25, -0.2) is 9.97 Å². The zero-order valence-corrected chi connectivity index (χ0v) is 14.9. The van der Waals surface area contributed by atoms with Crippen molar-refractivity contribution in [1.29, 1.82) is 0 Å². The average molecular weight is 368 g/mol. The van der Waals surface area contributed by atoms with Gasteiger partial charge in [-0.15, -0.1) is 0 Å². The topological polar surface area (TPSA) is 108 Å². The summed E-state index contributed by atoms with van der Waals surface area (Å²) in [4.78, 5) is 46.1. The van der Waals surface area contributed by atoms with Gasteiger partial charge in [-0.3, -0.25) is 14.4 Å². The third-order valence-corrected chi connectivity index (χ3v) is 4.09. The molecule has 9 nitrogen and oxygen atoms in total. The van der Waals surface area contributed by atoms with Crippen LogP contribution in [0.2, 0.25) is 0 Å². The Hall–Kier alpha value is -3.49. The zero-order chi connectivity index (χ0) is 19.2. The Labute approximate surface area is 156 Å². The van der Waals surface area contributed by atoms with Gasteiger partial charge in [0.05, 0.1) is 5.56 Å². The number of hydrogen-bond donors (Lipinski definition) is 2. The van der Waals surface area contributed by atoms with Gasteiger partial charge >= 0.3 is 0 Å². The molecule has 3 amide bonds. The fourth-order valence-corrected chi connectivity index (χ4v) is 2.72. The second-order valence-corrected chi connectivity index (χ2v) is 6.12. The number of hydrogen-bond acceptors (Lipinski definition) is 6. The first-order valence-corrected chi connectivity index (χ1v) is 8.50. The molecule has 2 heterocycles. The summed E-state index contributed by atoms with van der Waals surface area (Å²) in [5.74, 6) is 0.0392. The first-order valence-electron chi connectivity index (χ1n) is 8.50. The van der Waals surface area contributed by atoms with E-state index in [4.69, 9.17) is 0 Å². The van der Waals surface area contributed by atoms with Crippen molar-refractivity contribution in [3.63, 3.8) is 0 Å². The highest BCUT2D eigenvalue weighted by molar-refractivity contribution is 5.94. The van der Waals surface area contributed by atoms with Crippen LogP contribution in [0.4, 0.5) is 17.3 Å². The summed E-state index contributed by atoms with van der Waals surface area (Å²) in [6, 6.07) is 7.15. The van der Waals surface area contributed by atoms with Crippen molar-refractivity contribution < 1.29 is 14.4 Å². The van der Waals surface area contributed by atoms with E-state index in [1.807, 2.05) is 6.07 Å². The normalized spacial score (nSPS) is 13.8. The summed E-state index contributed by atoms with van der Waals surface area (Å²) < 4.78 is 0. The summed E-state index contributed by atoms with van der Waals surface area (Å²) in [5, 5.41) is 5.74. The molecule has 1 saturated heterocycles. The van der Waals surface area contributed by atoms with Crippen molar-refractivity contribution in [2.75, 3.05) is 36.8 Å². The maximum Gasteiger partial charge on any atom is 0.257 e. The Morgan fingerprint density at radius 1 is 1.07 bits per heavy atom. The summed E-state index contributed by atoms with van der Waals surface area (Å²) in [5.41, 5.74) is 1.77. The average Bonchev–Trinajstić information content (AvgIpc) is 2.68. The van der Waals surface area contributed by atoms with Crippen molar-refractivity contribution in [3.8, 4) is 0 Å². The van der Waals surface area contributed by atoms with Gasteiger partial charge in [0.15, 0.2) is 0 Å². The van der Waals surface area contributed by atoms with Gasteiger partial charge in [0.25, 0.3) is 5.91 Å². The van der Waals surface area contributed by atoms with Crippen LogP contribution in [-0.2, 0) is 9.59 Å². The molecule has 2 N–H and O–H groups in total. The monoisotopic (exact) mass is 368 g/mol. The SMILES string of the molecule is CC(=O)Nc1cccc(Nc2ncc(C(=O)N3CCN(C=O)CC3)cn2)c1. The van der Waals surface area contributed by atoms with Crippen LogP contribution in [0.1, 0.15) is 17.3 Å². The predicted octanol–water partition coefficient (Wildman–Crippen LogP) is 1.09. The van der Waals surface area contributed by atoms with Gasteiger partial charge in [-0.05, 0) is 18.2 Å². The van der Waals surface area contributed by atoms with Crippen LogP contribution in [-0.4, -0.2) is 64.2 Å². The van der Waals surface area contributed by atoms with Crippen LogP contribution >= 0.6 is 0 Å². The van der Waals surface area contributed by atoms with Crippen molar-refractivity contribution in [2.45, 2.75) is 6.92 Å². The number of carbonyl (C=O) groups is 3. The van der Waals surface area contributed by atoms with E-state index in [9.17, 15) is 14.4 Å². The minimum atomic E-state index is -0.153. The highest BCUT2D eigenvalue weighted by atomic mass is 16.2. The van der Waals surface area contributed by atoms with Crippen molar-refractivity contribution in [1.82, 2.24) is 19.8 Å². The van der Waals surface area contributed by atoms with Crippen LogP contribution in [0.15, 0.2) is 36.7 Å². The Bertz CT molecular complexity index is 831. The molecule has 3 rings (SSSR count). The summed E-state index contributed by atoms with van der Waals surface area (Å²) in [6.45, 7) is 3.49. The molecule has 0 aliphatic carbocycles. The Morgan fingerprint density at radius 2 is 1.74 bits per heavy atom. The lowest BCUT2D eigenvalue weighted by Crippen LogP contribution is -2.48. The van der Waals surface area contributed by atoms with Crippen LogP contribution in [0, 0.1) is 0 Å². The van der Waals surface area contributed by atoms with Gasteiger partial charge in [-0.1, -0.05) is 6.07 Å². The molecule has 0 radical (unpaired) electrons. The van der Waals surface area contributed by atoms with E-state index in [-0.39, 0.29) is 11.8 Å². The van der Waals surface area contributed by atoms with Crippen molar-refractivity contribution in [3.05, 3.63) is 42.2 Å². The second kappa shape index (κ2) is 8.26. The lowest BCUT2D eigenvalue weighted by molar-refractivity contribution is -0.119. The minimum Gasteiger partial charge on any atom is -0.342 e. The predicted molar refractivity (Wildman–Crippen MR) is 99.6 cm³/mol. The van der Waals surface area contributed by atoms with Crippen LogP contribution in [0.3, 0.4) is 0 Å². The Balaban J connectivity index is 1.63. The third kappa shape index (κ3) is 4.78. The Kier molecular flexibility index (Phi) is 5.60. The van der Waals surface area contributed by atoms with Crippen molar-refractivity contribution >= 4 is 35.5 Å². The van der Waals surface area contributed by atoms with E-state index in [0.29, 0.717) is 49.1 Å². The highest BCUT2D eigenvalue weighted by Crippen LogP contribution is 2.18. The first-order chi connectivity index (χ1) is 13.0. The minimum absolute atomic E-state index is 0.153. The number of carbonyl (C=O) groups excluding carboxylic acids is 3. The molecule has 140 valence electrons. The van der Waals surface area contributed by atoms with Crippen LogP contribution in [0.25, 0.3) is 0 Å². The molecule has 1 aromatic heterocycles. The van der Waals surface area contributed by atoms with Gasteiger partial charge in [0.1, 0.15) is 0 Å². The van der Waals surface area contributed by atoms with Crippen LogP contribution < -0.4 is 10.6 Å². The molecular weight excluding hydrogens is 348 g/mol. The first kappa shape index (κ1) is 18.3. The number of nitrogens with zero attached hydrogens (tertiary/aromatic N) is 4. The second-order valence-electron chi connectivity index (χ2n) is 6.12. The maximum atomic E-state index is 12.5. The molecule has 2 aromatic rings. The van der Waals surface area contributed by atoms with E-state index in [1.54, 1.807) is 28.0 Å². The van der Waals surface area contributed by atoms with E-state index < -0.39 is 0 Å². The fourth-order valence-electron chi connectivity index (χ4n) is 2.72. The van der Waals surface area contributed by atoms with E-state index in [2.05, 4.69) is 20.6 Å². The quantitative estimate of drug-likeness (QED) is 0.765. The van der Waals surface area contributed by atoms with E-state index in [1.165, 1.54) is 19.3 Å².